The normalized spacial score (nSPS) is 18.0. The Labute approximate surface area is 148 Å². The predicted octanol–water partition coefficient (Wildman–Crippen LogP) is 1.79. The van der Waals surface area contributed by atoms with Crippen LogP contribution in [0.3, 0.4) is 0 Å². The van der Waals surface area contributed by atoms with E-state index in [0.717, 1.165) is 36.6 Å². The summed E-state index contributed by atoms with van der Waals surface area (Å²) in [5.41, 5.74) is 7.31. The summed E-state index contributed by atoms with van der Waals surface area (Å²) in [5.74, 6) is 2.37. The number of carbonyl (C=O) groups excluding carboxylic acids is 1. The molecule has 6 heteroatoms. The smallest absolute Gasteiger partial charge is 0.221 e. The molecule has 2 heterocycles. The lowest BCUT2D eigenvalue weighted by molar-refractivity contribution is -0.122. The van der Waals surface area contributed by atoms with Crippen molar-refractivity contribution >= 4 is 5.91 Å². The Kier molecular flexibility index (Phi) is 5.48. The topological polar surface area (TPSA) is 85.8 Å². The third-order valence-electron chi connectivity index (χ3n) is 4.65. The largest absolute Gasteiger partial charge is 0.352 e. The molecule has 3 rings (SSSR count). The number of hydrogen-bond donors (Lipinski definition) is 2. The quantitative estimate of drug-likeness (QED) is 0.839. The number of rotatable bonds is 6. The zero-order chi connectivity index (χ0) is 17.8. The molecule has 2 atom stereocenters. The first-order valence-electron chi connectivity index (χ1n) is 9.03. The van der Waals surface area contributed by atoms with Crippen molar-refractivity contribution in [3.63, 3.8) is 0 Å². The van der Waals surface area contributed by atoms with Gasteiger partial charge in [0.05, 0.1) is 0 Å². The van der Waals surface area contributed by atoms with E-state index >= 15 is 0 Å². The van der Waals surface area contributed by atoms with Crippen molar-refractivity contribution in [2.24, 2.45) is 5.73 Å². The van der Waals surface area contributed by atoms with Crippen molar-refractivity contribution in [1.29, 1.82) is 0 Å². The fraction of sp³-hybridized carbons (Fsp3) is 0.526. The third-order valence-corrected chi connectivity index (χ3v) is 4.65. The Morgan fingerprint density at radius 2 is 2.08 bits per heavy atom. The minimum atomic E-state index is -0.164. The molecule has 1 amide bonds. The number of nitrogens with one attached hydrogen (secondary N) is 1. The van der Waals surface area contributed by atoms with Gasteiger partial charge in [-0.15, -0.1) is 10.2 Å². The maximum Gasteiger partial charge on any atom is 0.221 e. The number of fused-ring (bicyclic) bond motifs is 1. The number of aryl methyl sites for hydroxylation is 1. The van der Waals surface area contributed by atoms with Gasteiger partial charge in [0, 0.05) is 37.4 Å². The van der Waals surface area contributed by atoms with Gasteiger partial charge in [-0.05, 0) is 18.4 Å². The van der Waals surface area contributed by atoms with Crippen LogP contribution in [0.1, 0.15) is 49.8 Å². The van der Waals surface area contributed by atoms with Gasteiger partial charge in [-0.25, -0.2) is 0 Å². The average Bonchev–Trinajstić information content (AvgIpc) is 2.98. The molecule has 0 fully saturated rings. The second-order valence-corrected chi connectivity index (χ2v) is 7.20. The number of carbonyl (C=O) groups is 1. The number of benzene rings is 1. The summed E-state index contributed by atoms with van der Waals surface area (Å²) in [5, 5.41) is 11.7. The lowest BCUT2D eigenvalue weighted by Crippen LogP contribution is -2.43. The third kappa shape index (κ3) is 4.45. The summed E-state index contributed by atoms with van der Waals surface area (Å²) >= 11 is 0. The summed E-state index contributed by atoms with van der Waals surface area (Å²) in [6.45, 7) is 4.97. The molecular weight excluding hydrogens is 314 g/mol. The van der Waals surface area contributed by atoms with Gasteiger partial charge in [-0.3, -0.25) is 4.79 Å². The van der Waals surface area contributed by atoms with Crippen molar-refractivity contribution in [2.45, 2.75) is 64.1 Å². The van der Waals surface area contributed by atoms with Crippen LogP contribution in [-0.2, 0) is 24.2 Å². The van der Waals surface area contributed by atoms with Gasteiger partial charge >= 0.3 is 0 Å². The lowest BCUT2D eigenvalue weighted by Gasteiger charge is -2.26. The first-order valence-corrected chi connectivity index (χ1v) is 9.03. The van der Waals surface area contributed by atoms with Crippen LogP contribution in [0, 0.1) is 0 Å². The summed E-state index contributed by atoms with van der Waals surface area (Å²) in [4.78, 5) is 12.3. The Bertz CT molecular complexity index is 710. The summed E-state index contributed by atoms with van der Waals surface area (Å²) < 4.78 is 2.16. The van der Waals surface area contributed by atoms with Crippen molar-refractivity contribution in [1.82, 2.24) is 20.1 Å². The standard InChI is InChI=1S/C19H27N5O/c1-13(2)19-23-22-17-9-8-16(12-24(17)19)21-18(25)11-15(20)10-14-6-4-3-5-7-14/h3-7,13,15-16H,8-12,20H2,1-2H3,(H,21,25). The Morgan fingerprint density at radius 1 is 1.32 bits per heavy atom. The van der Waals surface area contributed by atoms with Crippen LogP contribution in [0.2, 0.25) is 0 Å². The van der Waals surface area contributed by atoms with Crippen LogP contribution in [0.15, 0.2) is 30.3 Å². The van der Waals surface area contributed by atoms with Gasteiger partial charge in [0.15, 0.2) is 0 Å². The van der Waals surface area contributed by atoms with Crippen molar-refractivity contribution in [2.75, 3.05) is 0 Å². The first kappa shape index (κ1) is 17.6. The Morgan fingerprint density at radius 3 is 2.80 bits per heavy atom. The Balaban J connectivity index is 1.52. The highest BCUT2D eigenvalue weighted by atomic mass is 16.1. The second kappa shape index (κ2) is 7.78. The molecule has 2 unspecified atom stereocenters. The van der Waals surface area contributed by atoms with Crippen LogP contribution in [0.4, 0.5) is 0 Å². The number of nitrogens with zero attached hydrogens (tertiary/aromatic N) is 3. The van der Waals surface area contributed by atoms with Gasteiger partial charge in [-0.1, -0.05) is 44.2 Å². The van der Waals surface area contributed by atoms with E-state index in [1.807, 2.05) is 30.3 Å². The molecule has 1 aliphatic heterocycles. The molecule has 0 bridgehead atoms. The van der Waals surface area contributed by atoms with Crippen LogP contribution >= 0.6 is 0 Å². The van der Waals surface area contributed by atoms with Gasteiger partial charge in [0.25, 0.3) is 0 Å². The first-order chi connectivity index (χ1) is 12.0. The maximum atomic E-state index is 12.3. The fourth-order valence-corrected chi connectivity index (χ4v) is 3.41. The zero-order valence-corrected chi connectivity index (χ0v) is 15.0. The number of aromatic nitrogens is 3. The zero-order valence-electron chi connectivity index (χ0n) is 15.0. The minimum absolute atomic E-state index is 0.0241. The molecule has 6 nitrogen and oxygen atoms in total. The number of hydrogen-bond acceptors (Lipinski definition) is 4. The minimum Gasteiger partial charge on any atom is -0.352 e. The van der Waals surface area contributed by atoms with E-state index in [9.17, 15) is 4.79 Å². The molecule has 134 valence electrons. The molecule has 1 aliphatic rings. The van der Waals surface area contributed by atoms with Crippen LogP contribution < -0.4 is 11.1 Å². The maximum absolute atomic E-state index is 12.3. The second-order valence-electron chi connectivity index (χ2n) is 7.20. The number of nitrogens with two attached hydrogens (primary N) is 1. The highest BCUT2D eigenvalue weighted by molar-refractivity contribution is 5.76. The van der Waals surface area contributed by atoms with Gasteiger partial charge in [-0.2, -0.15) is 0 Å². The lowest BCUT2D eigenvalue weighted by atomic mass is 10.0. The highest BCUT2D eigenvalue weighted by Gasteiger charge is 2.25. The van der Waals surface area contributed by atoms with Crippen LogP contribution in [-0.4, -0.2) is 32.8 Å². The van der Waals surface area contributed by atoms with Gasteiger partial charge in [0.2, 0.25) is 5.91 Å². The molecule has 1 aromatic heterocycles. The van der Waals surface area contributed by atoms with Crippen LogP contribution in [0.25, 0.3) is 0 Å². The molecule has 0 aliphatic carbocycles. The van der Waals surface area contributed by atoms with E-state index in [4.69, 9.17) is 5.73 Å². The average molecular weight is 341 g/mol. The van der Waals surface area contributed by atoms with Crippen molar-refractivity contribution in [3.05, 3.63) is 47.5 Å². The van der Waals surface area contributed by atoms with E-state index in [0.29, 0.717) is 18.8 Å². The van der Waals surface area contributed by atoms with E-state index in [1.165, 1.54) is 0 Å². The van der Waals surface area contributed by atoms with E-state index in [-0.39, 0.29) is 18.0 Å². The van der Waals surface area contributed by atoms with Gasteiger partial charge < -0.3 is 15.6 Å². The van der Waals surface area contributed by atoms with Crippen LogP contribution in [0.5, 0.6) is 0 Å². The van der Waals surface area contributed by atoms with E-state index < -0.39 is 0 Å². The molecule has 1 aromatic carbocycles. The summed E-state index contributed by atoms with van der Waals surface area (Å²) in [7, 11) is 0. The SMILES string of the molecule is CC(C)c1nnc2n1CC(NC(=O)CC(N)Cc1ccccc1)CC2. The monoisotopic (exact) mass is 341 g/mol. The van der Waals surface area contributed by atoms with Crippen molar-refractivity contribution in [3.8, 4) is 0 Å². The van der Waals surface area contributed by atoms with Crippen molar-refractivity contribution < 1.29 is 4.79 Å². The van der Waals surface area contributed by atoms with Gasteiger partial charge in [0.1, 0.15) is 11.6 Å². The molecule has 0 spiro atoms. The highest BCUT2D eigenvalue weighted by Crippen LogP contribution is 2.20. The predicted molar refractivity (Wildman–Crippen MR) is 97.1 cm³/mol. The molecule has 0 saturated heterocycles. The van der Waals surface area contributed by atoms with E-state index in [2.05, 4.69) is 33.9 Å². The molecule has 0 radical (unpaired) electrons. The summed E-state index contributed by atoms with van der Waals surface area (Å²) in [6, 6.07) is 10.0. The molecule has 0 saturated carbocycles. The number of amides is 1. The molecule has 3 N–H and O–H groups in total. The molecular formula is C19H27N5O. The summed E-state index contributed by atoms with van der Waals surface area (Å²) in [6.07, 6.45) is 2.81. The van der Waals surface area contributed by atoms with E-state index in [1.54, 1.807) is 0 Å². The molecule has 25 heavy (non-hydrogen) atoms. The fourth-order valence-electron chi connectivity index (χ4n) is 3.41. The molecule has 2 aromatic rings. The Hall–Kier alpha value is -2.21.